The van der Waals surface area contributed by atoms with Crippen molar-refractivity contribution in [1.82, 2.24) is 10.3 Å². The number of aromatic nitrogens is 1. The number of ether oxygens (including phenoxy) is 2. The van der Waals surface area contributed by atoms with Crippen LogP contribution >= 0.6 is 11.3 Å². The molecule has 7 nitrogen and oxygen atoms in total. The van der Waals surface area contributed by atoms with E-state index < -0.39 is 11.5 Å². The van der Waals surface area contributed by atoms with E-state index in [0.717, 1.165) is 5.56 Å². The second kappa shape index (κ2) is 7.49. The van der Waals surface area contributed by atoms with Crippen molar-refractivity contribution in [2.24, 2.45) is 0 Å². The second-order valence-electron chi connectivity index (χ2n) is 5.54. The van der Waals surface area contributed by atoms with Crippen LogP contribution in [0.25, 0.3) is 10.2 Å². The Kier molecular flexibility index (Phi) is 5.13. The molecule has 3 aromatic rings. The summed E-state index contributed by atoms with van der Waals surface area (Å²) in [6.45, 7) is 0.301. The van der Waals surface area contributed by atoms with E-state index in [2.05, 4.69) is 10.3 Å². The lowest BCUT2D eigenvalue weighted by molar-refractivity contribution is 0.0950. The summed E-state index contributed by atoms with van der Waals surface area (Å²) < 4.78 is 10.9. The van der Waals surface area contributed by atoms with Gasteiger partial charge in [-0.1, -0.05) is 6.07 Å². The molecule has 0 bridgehead atoms. The first-order valence-corrected chi connectivity index (χ1v) is 8.74. The molecule has 1 amide bonds. The van der Waals surface area contributed by atoms with Crippen LogP contribution in [0.3, 0.4) is 0 Å². The van der Waals surface area contributed by atoms with Crippen LogP contribution in [0.4, 0.5) is 0 Å². The number of nitrogens with one attached hydrogen (secondary N) is 2. The molecule has 3 N–H and O–H groups in total. The molecule has 0 radical (unpaired) electrons. The lowest BCUT2D eigenvalue weighted by Gasteiger charge is -2.10. The summed E-state index contributed by atoms with van der Waals surface area (Å²) in [5, 5.41) is 14.6. The highest BCUT2D eigenvalue weighted by atomic mass is 32.1. The van der Waals surface area contributed by atoms with E-state index in [9.17, 15) is 14.7 Å². The van der Waals surface area contributed by atoms with Crippen LogP contribution in [-0.2, 0) is 6.42 Å². The molecule has 26 heavy (non-hydrogen) atoms. The summed E-state index contributed by atoms with van der Waals surface area (Å²) >= 11 is 1.26. The predicted molar refractivity (Wildman–Crippen MR) is 99.7 cm³/mol. The lowest BCUT2D eigenvalue weighted by Crippen LogP contribution is -2.31. The molecule has 2 aromatic heterocycles. The Morgan fingerprint density at radius 1 is 1.23 bits per heavy atom. The van der Waals surface area contributed by atoms with Crippen LogP contribution in [0.2, 0.25) is 0 Å². The third kappa shape index (κ3) is 3.36. The van der Waals surface area contributed by atoms with Gasteiger partial charge in [-0.3, -0.25) is 9.59 Å². The summed E-state index contributed by atoms with van der Waals surface area (Å²) in [5.74, 6) is 0.330. The molecule has 0 aliphatic carbocycles. The first-order chi connectivity index (χ1) is 12.5. The van der Waals surface area contributed by atoms with Crippen LogP contribution in [0, 0.1) is 0 Å². The highest BCUT2D eigenvalue weighted by molar-refractivity contribution is 7.17. The van der Waals surface area contributed by atoms with Gasteiger partial charge in [-0.05, 0) is 35.6 Å². The fourth-order valence-corrected chi connectivity index (χ4v) is 3.45. The molecule has 0 unspecified atom stereocenters. The lowest BCUT2D eigenvalue weighted by atomic mass is 10.1. The van der Waals surface area contributed by atoms with Gasteiger partial charge in [-0.15, -0.1) is 11.3 Å². The van der Waals surface area contributed by atoms with Gasteiger partial charge in [0.25, 0.3) is 11.5 Å². The molecule has 0 fully saturated rings. The third-order valence-electron chi connectivity index (χ3n) is 3.97. The van der Waals surface area contributed by atoms with Gasteiger partial charge in [0.05, 0.1) is 24.4 Å². The maximum absolute atomic E-state index is 12.3. The van der Waals surface area contributed by atoms with Gasteiger partial charge in [-0.25, -0.2) is 0 Å². The van der Waals surface area contributed by atoms with Crippen molar-refractivity contribution in [2.75, 3.05) is 20.8 Å². The molecule has 0 aliphatic heterocycles. The van der Waals surface area contributed by atoms with Crippen molar-refractivity contribution in [1.29, 1.82) is 0 Å². The van der Waals surface area contributed by atoms with Gasteiger partial charge in [0.2, 0.25) is 0 Å². The van der Waals surface area contributed by atoms with Gasteiger partial charge in [0, 0.05) is 6.54 Å². The first kappa shape index (κ1) is 17.8. The number of thiophene rings is 1. The molecule has 0 atom stereocenters. The van der Waals surface area contributed by atoms with E-state index >= 15 is 0 Å². The summed E-state index contributed by atoms with van der Waals surface area (Å²) in [7, 11) is 3.12. The molecule has 0 saturated carbocycles. The van der Waals surface area contributed by atoms with Gasteiger partial charge < -0.3 is 24.9 Å². The zero-order valence-electron chi connectivity index (χ0n) is 14.3. The van der Waals surface area contributed by atoms with Crippen LogP contribution < -0.4 is 20.3 Å². The quantitative estimate of drug-likeness (QED) is 0.615. The number of methoxy groups -OCH3 is 2. The molecule has 3 rings (SSSR count). The molecule has 0 spiro atoms. The van der Waals surface area contributed by atoms with Crippen molar-refractivity contribution in [3.05, 3.63) is 51.1 Å². The number of pyridine rings is 1. The number of hydrogen-bond acceptors (Lipinski definition) is 6. The number of carbonyl (C=O) groups is 1. The van der Waals surface area contributed by atoms with Crippen molar-refractivity contribution in [3.8, 4) is 17.2 Å². The molecule has 1 aromatic carbocycles. The van der Waals surface area contributed by atoms with Crippen LogP contribution in [0.15, 0.2) is 34.4 Å². The monoisotopic (exact) mass is 374 g/mol. The zero-order chi connectivity index (χ0) is 18.7. The standard InChI is InChI=1S/C18H18N2O5S/c1-24-12-4-3-10(9-13(12)25-2)5-7-19-17(22)14-15(21)16-11(6-8-26-16)20-18(14)23/h3-4,6,8-9H,5,7H2,1-2H3,(H,19,22)(H2,20,21,23). The van der Waals surface area contributed by atoms with Crippen LogP contribution in [0.1, 0.15) is 15.9 Å². The zero-order valence-corrected chi connectivity index (χ0v) is 15.1. The van der Waals surface area contributed by atoms with Crippen molar-refractivity contribution >= 4 is 27.5 Å². The van der Waals surface area contributed by atoms with Crippen molar-refractivity contribution < 1.29 is 19.4 Å². The number of fused-ring (bicyclic) bond motifs is 1. The number of benzene rings is 1. The SMILES string of the molecule is COc1ccc(CCNC(=O)c2c(O)c3sccc3[nH]c2=O)cc1OC. The van der Waals surface area contributed by atoms with Crippen LogP contribution in [0.5, 0.6) is 17.2 Å². The number of H-pyrrole nitrogens is 1. The largest absolute Gasteiger partial charge is 0.505 e. The first-order valence-electron chi connectivity index (χ1n) is 7.86. The van der Waals surface area contributed by atoms with Gasteiger partial charge >= 0.3 is 0 Å². The Balaban J connectivity index is 1.71. The minimum Gasteiger partial charge on any atom is -0.505 e. The summed E-state index contributed by atoms with van der Waals surface area (Å²) in [6.07, 6.45) is 0.534. The number of rotatable bonds is 6. The average Bonchev–Trinajstić information content (AvgIpc) is 3.10. The highest BCUT2D eigenvalue weighted by Crippen LogP contribution is 2.29. The molecule has 2 heterocycles. The Hall–Kier alpha value is -3.00. The van der Waals surface area contributed by atoms with E-state index in [-0.39, 0.29) is 11.3 Å². The Bertz CT molecular complexity index is 1010. The average molecular weight is 374 g/mol. The Morgan fingerprint density at radius 3 is 2.73 bits per heavy atom. The summed E-state index contributed by atoms with van der Waals surface area (Å²) in [6, 6.07) is 7.17. The van der Waals surface area contributed by atoms with Crippen molar-refractivity contribution in [2.45, 2.75) is 6.42 Å². The third-order valence-corrected chi connectivity index (χ3v) is 4.89. The number of aromatic amines is 1. The summed E-state index contributed by atoms with van der Waals surface area (Å²) in [5.41, 5.74) is 0.568. The van der Waals surface area contributed by atoms with E-state index in [4.69, 9.17) is 9.47 Å². The van der Waals surface area contributed by atoms with E-state index in [0.29, 0.717) is 34.7 Å². The van der Waals surface area contributed by atoms with Gasteiger partial charge in [-0.2, -0.15) is 0 Å². The highest BCUT2D eigenvalue weighted by Gasteiger charge is 2.19. The maximum Gasteiger partial charge on any atom is 0.265 e. The Labute approximate surface area is 153 Å². The minimum atomic E-state index is -0.614. The topological polar surface area (TPSA) is 101 Å². The molecule has 8 heteroatoms. The fourth-order valence-electron chi connectivity index (χ4n) is 2.65. The molecule has 0 aliphatic rings. The normalized spacial score (nSPS) is 10.7. The summed E-state index contributed by atoms with van der Waals surface area (Å²) in [4.78, 5) is 27.0. The van der Waals surface area contributed by atoms with Crippen LogP contribution in [-0.4, -0.2) is 36.8 Å². The van der Waals surface area contributed by atoms with Crippen molar-refractivity contribution in [3.63, 3.8) is 0 Å². The molecular weight excluding hydrogens is 356 g/mol. The second-order valence-corrected chi connectivity index (χ2v) is 6.45. The molecule has 136 valence electrons. The number of amides is 1. The maximum atomic E-state index is 12.3. The minimum absolute atomic E-state index is 0.271. The van der Waals surface area contributed by atoms with E-state index in [1.807, 2.05) is 12.1 Å². The van der Waals surface area contributed by atoms with Gasteiger partial charge in [0.15, 0.2) is 17.2 Å². The number of hydrogen-bond donors (Lipinski definition) is 3. The number of aromatic hydroxyl groups is 1. The van der Waals surface area contributed by atoms with E-state index in [1.54, 1.807) is 31.7 Å². The molecule has 0 saturated heterocycles. The van der Waals surface area contributed by atoms with E-state index in [1.165, 1.54) is 11.3 Å². The smallest absolute Gasteiger partial charge is 0.265 e. The van der Waals surface area contributed by atoms with Gasteiger partial charge in [0.1, 0.15) is 5.56 Å². The fraction of sp³-hybridized carbons (Fsp3) is 0.222. The molecular formula is C18H18N2O5S. The Morgan fingerprint density at radius 2 is 2.00 bits per heavy atom. The predicted octanol–water partition coefficient (Wildman–Crippen LogP) is 2.28. The number of carbonyl (C=O) groups excluding carboxylic acids is 1.